The Balaban J connectivity index is 2.11. The molecular formula is C15H26N2O2S2. The molecular weight excluding hydrogens is 304 g/mol. The van der Waals surface area contributed by atoms with Gasteiger partial charge < -0.3 is 5.32 Å². The van der Waals surface area contributed by atoms with Gasteiger partial charge in [0.1, 0.15) is 4.21 Å². The number of rotatable bonds is 6. The molecule has 4 nitrogen and oxygen atoms in total. The summed E-state index contributed by atoms with van der Waals surface area (Å²) < 4.78 is 27.6. The molecule has 2 unspecified atom stereocenters. The number of thiophene rings is 1. The maximum absolute atomic E-state index is 12.7. The standard InChI is InChI=1S/C15H26N2O2S2/c1-4-16-11-14-8-9-15(20-14)21(18,19)17(3)13-7-5-6-12(2)10-13/h8-9,12-13,16H,4-7,10-11H2,1-3H3. The molecule has 2 rings (SSSR count). The van der Waals surface area contributed by atoms with E-state index in [-0.39, 0.29) is 6.04 Å². The van der Waals surface area contributed by atoms with Crippen molar-refractivity contribution in [3.63, 3.8) is 0 Å². The van der Waals surface area contributed by atoms with Crippen molar-refractivity contribution in [1.82, 2.24) is 9.62 Å². The third-order valence-electron chi connectivity index (χ3n) is 4.24. The van der Waals surface area contributed by atoms with E-state index >= 15 is 0 Å². The zero-order valence-electron chi connectivity index (χ0n) is 13.1. The Hall–Kier alpha value is -0.430. The van der Waals surface area contributed by atoms with Gasteiger partial charge in [0.2, 0.25) is 0 Å². The SMILES string of the molecule is CCNCc1ccc(S(=O)(=O)N(C)C2CCCC(C)C2)s1. The molecule has 1 aromatic heterocycles. The van der Waals surface area contributed by atoms with Crippen molar-refractivity contribution < 1.29 is 8.42 Å². The van der Waals surface area contributed by atoms with Crippen molar-refractivity contribution in [2.75, 3.05) is 13.6 Å². The van der Waals surface area contributed by atoms with Crippen LogP contribution in [0.25, 0.3) is 0 Å². The molecule has 1 heterocycles. The van der Waals surface area contributed by atoms with Crippen molar-refractivity contribution in [2.24, 2.45) is 5.92 Å². The molecule has 0 spiro atoms. The van der Waals surface area contributed by atoms with Gasteiger partial charge in [0, 0.05) is 24.5 Å². The summed E-state index contributed by atoms with van der Waals surface area (Å²) in [4.78, 5) is 1.07. The van der Waals surface area contributed by atoms with Crippen LogP contribution in [0, 0.1) is 5.92 Å². The Morgan fingerprint density at radius 3 is 2.81 bits per heavy atom. The largest absolute Gasteiger partial charge is 0.312 e. The van der Waals surface area contributed by atoms with Crippen LogP contribution in [0.5, 0.6) is 0 Å². The second kappa shape index (κ2) is 7.22. The molecule has 0 bridgehead atoms. The average molecular weight is 331 g/mol. The first kappa shape index (κ1) is 16.9. The molecule has 21 heavy (non-hydrogen) atoms. The highest BCUT2D eigenvalue weighted by Gasteiger charge is 2.31. The van der Waals surface area contributed by atoms with Crippen LogP contribution < -0.4 is 5.32 Å². The summed E-state index contributed by atoms with van der Waals surface area (Å²) in [5, 5.41) is 3.23. The van der Waals surface area contributed by atoms with E-state index < -0.39 is 10.0 Å². The lowest BCUT2D eigenvalue weighted by molar-refractivity contribution is 0.239. The average Bonchev–Trinajstić information content (AvgIpc) is 2.93. The fraction of sp³-hybridized carbons (Fsp3) is 0.733. The fourth-order valence-electron chi connectivity index (χ4n) is 2.91. The van der Waals surface area contributed by atoms with Gasteiger partial charge in [0.15, 0.2) is 0 Å². The quantitative estimate of drug-likeness (QED) is 0.872. The van der Waals surface area contributed by atoms with Crippen molar-refractivity contribution >= 4 is 21.4 Å². The minimum absolute atomic E-state index is 0.151. The Kier molecular flexibility index (Phi) is 5.82. The second-order valence-electron chi connectivity index (χ2n) is 5.95. The first-order valence-electron chi connectivity index (χ1n) is 7.72. The molecule has 120 valence electrons. The number of nitrogens with zero attached hydrogens (tertiary/aromatic N) is 1. The fourth-order valence-corrected chi connectivity index (χ4v) is 5.82. The first-order chi connectivity index (χ1) is 9.95. The summed E-state index contributed by atoms with van der Waals surface area (Å²) in [5.41, 5.74) is 0. The van der Waals surface area contributed by atoms with Gasteiger partial charge in [-0.1, -0.05) is 26.7 Å². The maximum Gasteiger partial charge on any atom is 0.252 e. The van der Waals surface area contributed by atoms with Crippen molar-refractivity contribution in [1.29, 1.82) is 0 Å². The van der Waals surface area contributed by atoms with Gasteiger partial charge in [-0.2, -0.15) is 4.31 Å². The van der Waals surface area contributed by atoms with Crippen LogP contribution in [-0.2, 0) is 16.6 Å². The third kappa shape index (κ3) is 4.06. The molecule has 1 saturated carbocycles. The Morgan fingerprint density at radius 1 is 1.38 bits per heavy atom. The van der Waals surface area contributed by atoms with E-state index in [2.05, 4.69) is 12.2 Å². The highest BCUT2D eigenvalue weighted by Crippen LogP contribution is 2.31. The van der Waals surface area contributed by atoms with Crippen LogP contribution in [0.15, 0.2) is 16.3 Å². The summed E-state index contributed by atoms with van der Waals surface area (Å²) in [6.07, 6.45) is 4.30. The molecule has 2 atom stereocenters. The second-order valence-corrected chi connectivity index (χ2v) is 9.34. The van der Waals surface area contributed by atoms with Gasteiger partial charge in [-0.3, -0.25) is 0 Å². The lowest BCUT2D eigenvalue weighted by Gasteiger charge is -2.33. The first-order valence-corrected chi connectivity index (χ1v) is 9.98. The van der Waals surface area contributed by atoms with E-state index in [1.807, 2.05) is 13.0 Å². The van der Waals surface area contributed by atoms with E-state index in [4.69, 9.17) is 0 Å². The molecule has 1 aliphatic rings. The summed E-state index contributed by atoms with van der Waals surface area (Å²) in [6.45, 7) is 5.89. The van der Waals surface area contributed by atoms with Crippen molar-refractivity contribution in [2.45, 2.75) is 56.3 Å². The number of nitrogens with one attached hydrogen (secondary N) is 1. The monoisotopic (exact) mass is 330 g/mol. The summed E-state index contributed by atoms with van der Waals surface area (Å²) in [6, 6.07) is 3.81. The van der Waals surface area contributed by atoms with Crippen LogP contribution in [0.1, 0.15) is 44.4 Å². The van der Waals surface area contributed by atoms with Crippen molar-refractivity contribution in [3.8, 4) is 0 Å². The Bertz CT molecular complexity index is 554. The number of sulfonamides is 1. The Labute approximate surface area is 132 Å². The molecule has 1 aliphatic carbocycles. The van der Waals surface area contributed by atoms with Gasteiger partial charge in [0.05, 0.1) is 0 Å². The molecule has 1 N–H and O–H groups in total. The van der Waals surface area contributed by atoms with Crippen LogP contribution in [0.4, 0.5) is 0 Å². The highest BCUT2D eigenvalue weighted by atomic mass is 32.2. The van der Waals surface area contributed by atoms with Gasteiger partial charge >= 0.3 is 0 Å². The minimum atomic E-state index is -3.34. The smallest absolute Gasteiger partial charge is 0.252 e. The van der Waals surface area contributed by atoms with E-state index in [9.17, 15) is 8.42 Å². The van der Waals surface area contributed by atoms with Gasteiger partial charge in [0.25, 0.3) is 10.0 Å². The van der Waals surface area contributed by atoms with E-state index in [0.29, 0.717) is 10.1 Å². The van der Waals surface area contributed by atoms with Crippen LogP contribution in [-0.4, -0.2) is 32.4 Å². The predicted octanol–water partition coefficient (Wildman–Crippen LogP) is 3.06. The zero-order chi connectivity index (χ0) is 15.5. The molecule has 0 saturated heterocycles. The Morgan fingerprint density at radius 2 is 2.14 bits per heavy atom. The molecule has 0 amide bonds. The van der Waals surface area contributed by atoms with Crippen LogP contribution in [0.3, 0.4) is 0 Å². The number of hydrogen-bond acceptors (Lipinski definition) is 4. The van der Waals surface area contributed by atoms with E-state index in [0.717, 1.165) is 37.2 Å². The topological polar surface area (TPSA) is 49.4 Å². The molecule has 1 fully saturated rings. The van der Waals surface area contributed by atoms with Crippen LogP contribution >= 0.6 is 11.3 Å². The highest BCUT2D eigenvalue weighted by molar-refractivity contribution is 7.91. The summed E-state index contributed by atoms with van der Waals surface area (Å²) >= 11 is 1.38. The van der Waals surface area contributed by atoms with Crippen LogP contribution in [0.2, 0.25) is 0 Å². The summed E-state index contributed by atoms with van der Waals surface area (Å²) in [5.74, 6) is 0.619. The molecule has 0 radical (unpaired) electrons. The molecule has 6 heteroatoms. The normalized spacial score (nSPS) is 23.6. The molecule has 1 aromatic rings. The van der Waals surface area contributed by atoms with Gasteiger partial charge in [-0.25, -0.2) is 8.42 Å². The summed E-state index contributed by atoms with van der Waals surface area (Å²) in [7, 11) is -1.60. The molecule has 0 aliphatic heterocycles. The lowest BCUT2D eigenvalue weighted by atomic mass is 9.87. The molecule has 0 aromatic carbocycles. The van der Waals surface area contributed by atoms with E-state index in [1.165, 1.54) is 17.8 Å². The maximum atomic E-state index is 12.7. The van der Waals surface area contributed by atoms with Gasteiger partial charge in [-0.05, 0) is 37.4 Å². The zero-order valence-corrected chi connectivity index (χ0v) is 14.8. The third-order valence-corrected chi connectivity index (χ3v) is 7.71. The minimum Gasteiger partial charge on any atom is -0.312 e. The van der Waals surface area contributed by atoms with Crippen molar-refractivity contribution in [3.05, 3.63) is 17.0 Å². The lowest BCUT2D eigenvalue weighted by Crippen LogP contribution is -2.39. The van der Waals surface area contributed by atoms with E-state index in [1.54, 1.807) is 17.4 Å². The number of hydrogen-bond donors (Lipinski definition) is 1. The predicted molar refractivity (Wildman–Crippen MR) is 88.1 cm³/mol. The van der Waals surface area contributed by atoms with Gasteiger partial charge in [-0.15, -0.1) is 11.3 Å².